The van der Waals surface area contributed by atoms with Gasteiger partial charge in [-0.25, -0.2) is 0 Å². The van der Waals surface area contributed by atoms with E-state index < -0.39 is 11.8 Å². The van der Waals surface area contributed by atoms with Gasteiger partial charge in [-0.2, -0.15) is 0 Å². The molecule has 2 heterocycles. The van der Waals surface area contributed by atoms with E-state index in [-0.39, 0.29) is 10.7 Å². The van der Waals surface area contributed by atoms with Gasteiger partial charge >= 0.3 is 0 Å². The zero-order valence-corrected chi connectivity index (χ0v) is 17.6. The highest BCUT2D eigenvalue weighted by Crippen LogP contribution is 2.39. The van der Waals surface area contributed by atoms with Gasteiger partial charge in [-0.3, -0.25) is 19.8 Å². The second-order valence-electron chi connectivity index (χ2n) is 7.01. The Kier molecular flexibility index (Phi) is 4.81. The molecule has 5 nitrogen and oxygen atoms in total. The Bertz CT molecular complexity index is 1050. The van der Waals surface area contributed by atoms with E-state index in [0.29, 0.717) is 21.8 Å². The minimum atomic E-state index is -0.518. The van der Waals surface area contributed by atoms with Crippen molar-refractivity contribution in [2.24, 2.45) is 0 Å². The minimum absolute atomic E-state index is 0.00561. The van der Waals surface area contributed by atoms with E-state index in [2.05, 4.69) is 9.88 Å². The Morgan fingerprint density at radius 1 is 1.11 bits per heavy atom. The van der Waals surface area contributed by atoms with Gasteiger partial charge in [0.2, 0.25) is 0 Å². The molecule has 1 aromatic carbocycles. The molecule has 2 fully saturated rings. The SMILES string of the molecule is Cc1cc(C=C2C(=O)NC(=S)N(c3cc(Cl)cc(Cl)c3)C2=O)c(C)n1C1CC1. The van der Waals surface area contributed by atoms with Gasteiger partial charge in [0.05, 0.1) is 5.69 Å². The van der Waals surface area contributed by atoms with Crippen LogP contribution < -0.4 is 10.2 Å². The molecule has 0 atom stereocenters. The van der Waals surface area contributed by atoms with Crippen molar-refractivity contribution in [1.82, 2.24) is 9.88 Å². The highest BCUT2D eigenvalue weighted by atomic mass is 35.5. The number of rotatable bonds is 3. The molecule has 1 saturated carbocycles. The van der Waals surface area contributed by atoms with Gasteiger partial charge in [0, 0.05) is 27.5 Å². The van der Waals surface area contributed by atoms with Crippen molar-refractivity contribution in [2.45, 2.75) is 32.7 Å². The Morgan fingerprint density at radius 3 is 2.36 bits per heavy atom. The maximum atomic E-state index is 13.1. The predicted octanol–water partition coefficient (Wildman–Crippen LogP) is 4.58. The van der Waals surface area contributed by atoms with Gasteiger partial charge in [-0.05, 0) is 74.8 Å². The molecule has 8 heteroatoms. The molecule has 2 aliphatic rings. The van der Waals surface area contributed by atoms with Gasteiger partial charge in [0.15, 0.2) is 5.11 Å². The molecule has 0 bridgehead atoms. The third-order valence-corrected chi connectivity index (χ3v) is 5.66. The fourth-order valence-corrected chi connectivity index (χ4v) is 4.35. The van der Waals surface area contributed by atoms with E-state index in [0.717, 1.165) is 29.8 Å². The number of thiocarbonyl (C=S) groups is 1. The number of halogens is 2. The average molecular weight is 434 g/mol. The largest absolute Gasteiger partial charge is 0.346 e. The van der Waals surface area contributed by atoms with Crippen molar-refractivity contribution in [3.8, 4) is 0 Å². The third kappa shape index (κ3) is 3.36. The topological polar surface area (TPSA) is 54.3 Å². The number of nitrogens with one attached hydrogen (secondary N) is 1. The molecule has 2 amide bonds. The zero-order valence-electron chi connectivity index (χ0n) is 15.3. The molecule has 1 saturated heterocycles. The predicted molar refractivity (Wildman–Crippen MR) is 115 cm³/mol. The van der Waals surface area contributed by atoms with Gasteiger partial charge in [-0.15, -0.1) is 0 Å². The second kappa shape index (κ2) is 7.03. The van der Waals surface area contributed by atoms with E-state index in [1.165, 1.54) is 4.90 Å². The second-order valence-corrected chi connectivity index (χ2v) is 8.27. The van der Waals surface area contributed by atoms with Crippen molar-refractivity contribution in [2.75, 3.05) is 4.90 Å². The number of carbonyl (C=O) groups excluding carboxylic acids is 2. The van der Waals surface area contributed by atoms with Gasteiger partial charge in [-0.1, -0.05) is 23.2 Å². The molecule has 4 rings (SSSR count). The van der Waals surface area contributed by atoms with Crippen molar-refractivity contribution in [1.29, 1.82) is 0 Å². The summed E-state index contributed by atoms with van der Waals surface area (Å²) in [5, 5.41) is 3.31. The molecule has 1 aromatic heterocycles. The van der Waals surface area contributed by atoms with E-state index in [1.54, 1.807) is 24.3 Å². The van der Waals surface area contributed by atoms with Crippen LogP contribution >= 0.6 is 35.4 Å². The summed E-state index contributed by atoms with van der Waals surface area (Å²) in [6.45, 7) is 4.04. The third-order valence-electron chi connectivity index (χ3n) is 4.94. The van der Waals surface area contributed by atoms with Crippen LogP contribution in [0.25, 0.3) is 6.08 Å². The first-order valence-corrected chi connectivity index (χ1v) is 9.98. The maximum absolute atomic E-state index is 13.1. The smallest absolute Gasteiger partial charge is 0.270 e. The summed E-state index contributed by atoms with van der Waals surface area (Å²) < 4.78 is 2.26. The Balaban J connectivity index is 1.76. The standard InChI is InChI=1S/C20H17Cl2N3O2S/c1-10-5-12(11(2)24(10)15-3-4-15)6-17-18(26)23-20(28)25(19(17)27)16-8-13(21)7-14(22)9-16/h5-9,15H,3-4H2,1-2H3,(H,23,26,28). The lowest BCUT2D eigenvalue weighted by Crippen LogP contribution is -2.54. The highest BCUT2D eigenvalue weighted by molar-refractivity contribution is 7.80. The lowest BCUT2D eigenvalue weighted by atomic mass is 10.1. The number of benzene rings is 1. The fourth-order valence-electron chi connectivity index (χ4n) is 3.56. The molecule has 0 unspecified atom stereocenters. The van der Waals surface area contributed by atoms with Crippen LogP contribution in [0.5, 0.6) is 0 Å². The van der Waals surface area contributed by atoms with Crippen LogP contribution in [0.1, 0.15) is 35.8 Å². The van der Waals surface area contributed by atoms with Crippen molar-refractivity contribution in [3.63, 3.8) is 0 Å². The lowest BCUT2D eigenvalue weighted by Gasteiger charge is -2.29. The number of nitrogens with zero attached hydrogens (tertiary/aromatic N) is 2. The molecular weight excluding hydrogens is 417 g/mol. The van der Waals surface area contributed by atoms with Crippen LogP contribution in [0.15, 0.2) is 29.8 Å². The van der Waals surface area contributed by atoms with Gasteiger partial charge in [0.1, 0.15) is 5.57 Å². The normalized spacial score (nSPS) is 18.8. The molecule has 0 radical (unpaired) electrons. The number of hydrogen-bond acceptors (Lipinski definition) is 3. The summed E-state index contributed by atoms with van der Waals surface area (Å²) >= 11 is 17.3. The van der Waals surface area contributed by atoms with Crippen LogP contribution in [-0.2, 0) is 9.59 Å². The van der Waals surface area contributed by atoms with E-state index in [4.69, 9.17) is 35.4 Å². The number of aryl methyl sites for hydroxylation is 1. The summed E-state index contributed by atoms with van der Waals surface area (Å²) in [7, 11) is 0. The molecule has 144 valence electrons. The zero-order chi connectivity index (χ0) is 20.2. The number of amides is 2. The Labute approximate surface area is 177 Å². The van der Waals surface area contributed by atoms with Crippen LogP contribution in [0.4, 0.5) is 5.69 Å². The van der Waals surface area contributed by atoms with E-state index >= 15 is 0 Å². The number of anilines is 1. The van der Waals surface area contributed by atoms with E-state index in [1.807, 2.05) is 19.9 Å². The summed E-state index contributed by atoms with van der Waals surface area (Å²) in [4.78, 5) is 26.9. The van der Waals surface area contributed by atoms with Crippen molar-refractivity contribution < 1.29 is 9.59 Å². The monoisotopic (exact) mass is 433 g/mol. The number of aromatic nitrogens is 1. The Morgan fingerprint density at radius 2 is 1.75 bits per heavy atom. The first-order valence-electron chi connectivity index (χ1n) is 8.82. The van der Waals surface area contributed by atoms with Crippen LogP contribution in [-0.4, -0.2) is 21.5 Å². The maximum Gasteiger partial charge on any atom is 0.270 e. The van der Waals surface area contributed by atoms with Crippen LogP contribution in [0.2, 0.25) is 10.0 Å². The number of carbonyl (C=O) groups is 2. The summed E-state index contributed by atoms with van der Waals surface area (Å²) in [5.74, 6) is -1.03. The molecule has 1 aliphatic heterocycles. The summed E-state index contributed by atoms with van der Waals surface area (Å²) in [6, 6.07) is 7.22. The summed E-state index contributed by atoms with van der Waals surface area (Å²) in [6.07, 6.45) is 3.94. The van der Waals surface area contributed by atoms with Crippen LogP contribution in [0.3, 0.4) is 0 Å². The average Bonchev–Trinajstić information content (AvgIpc) is 3.37. The fraction of sp³-hybridized carbons (Fsp3) is 0.250. The highest BCUT2D eigenvalue weighted by Gasteiger charge is 2.35. The molecule has 28 heavy (non-hydrogen) atoms. The molecule has 2 aromatic rings. The van der Waals surface area contributed by atoms with E-state index in [9.17, 15) is 9.59 Å². The lowest BCUT2D eigenvalue weighted by molar-refractivity contribution is -0.122. The first-order chi connectivity index (χ1) is 13.3. The molecule has 1 aliphatic carbocycles. The van der Waals surface area contributed by atoms with Crippen LogP contribution in [0, 0.1) is 13.8 Å². The Hall–Kier alpha value is -2.15. The quantitative estimate of drug-likeness (QED) is 0.437. The number of hydrogen-bond donors (Lipinski definition) is 1. The van der Waals surface area contributed by atoms with Gasteiger partial charge in [0.25, 0.3) is 11.8 Å². The molecular formula is C20H17Cl2N3O2S. The van der Waals surface area contributed by atoms with Crippen molar-refractivity contribution in [3.05, 3.63) is 56.8 Å². The van der Waals surface area contributed by atoms with Gasteiger partial charge < -0.3 is 4.57 Å². The van der Waals surface area contributed by atoms with Crippen molar-refractivity contribution >= 4 is 64.1 Å². The first kappa shape index (κ1) is 19.2. The summed E-state index contributed by atoms with van der Waals surface area (Å²) in [5.41, 5.74) is 3.42. The molecule has 0 spiro atoms. The molecule has 1 N–H and O–H groups in total. The minimum Gasteiger partial charge on any atom is -0.346 e.